The minimum absolute atomic E-state index is 0.0149. The summed E-state index contributed by atoms with van der Waals surface area (Å²) in [7, 11) is 0. The average Bonchev–Trinajstić information content (AvgIpc) is 2.71. The lowest BCUT2D eigenvalue weighted by molar-refractivity contribution is -0.129. The molecule has 2 amide bonds. The van der Waals surface area contributed by atoms with E-state index in [1.165, 1.54) is 77.0 Å². The molecule has 0 aliphatic heterocycles. The van der Waals surface area contributed by atoms with Crippen LogP contribution in [0.3, 0.4) is 0 Å². The second-order valence-electron chi connectivity index (χ2n) is 9.39. The summed E-state index contributed by atoms with van der Waals surface area (Å²) >= 11 is 0. The molecule has 0 aromatic heterocycles. The first-order valence-electron chi connectivity index (χ1n) is 13.1. The number of amides is 2. The van der Waals surface area contributed by atoms with Gasteiger partial charge in [0.1, 0.15) is 6.04 Å². The molecule has 0 heterocycles. The first kappa shape index (κ1) is 28.9. The lowest BCUT2D eigenvalue weighted by atomic mass is 10.0. The summed E-state index contributed by atoms with van der Waals surface area (Å²) in [6, 6.07) is -0.392. The van der Waals surface area contributed by atoms with Gasteiger partial charge in [0, 0.05) is 13.0 Å². The van der Waals surface area contributed by atoms with E-state index in [-0.39, 0.29) is 11.8 Å². The van der Waals surface area contributed by atoms with Crippen LogP contribution in [0.15, 0.2) is 0 Å². The molecule has 0 aromatic rings. The van der Waals surface area contributed by atoms with Crippen molar-refractivity contribution in [1.29, 1.82) is 0 Å². The van der Waals surface area contributed by atoms with Crippen molar-refractivity contribution in [2.24, 2.45) is 5.92 Å². The normalized spacial score (nSPS) is 12.2. The fraction of sp³-hybridized carbons (Fsp3) is 0.923. The minimum Gasteiger partial charge on any atom is -0.354 e. The molecular weight excluding hydrogens is 372 g/mol. The van der Waals surface area contributed by atoms with Gasteiger partial charge in [-0.25, -0.2) is 0 Å². The van der Waals surface area contributed by atoms with Crippen molar-refractivity contribution in [3.05, 3.63) is 0 Å². The molecule has 1 unspecified atom stereocenters. The number of unbranched alkanes of at least 4 members (excludes halogenated alkanes) is 13. The third-order valence-electron chi connectivity index (χ3n) is 5.70. The van der Waals surface area contributed by atoms with E-state index in [1.54, 1.807) is 0 Å². The Morgan fingerprint density at radius 3 is 1.63 bits per heavy atom. The first-order chi connectivity index (χ1) is 14.5. The molecule has 0 aliphatic rings. The monoisotopic (exact) mass is 424 g/mol. The molecule has 0 aliphatic carbocycles. The van der Waals surface area contributed by atoms with Gasteiger partial charge in [0.15, 0.2) is 0 Å². The van der Waals surface area contributed by atoms with Crippen molar-refractivity contribution < 1.29 is 9.59 Å². The second kappa shape index (κ2) is 21.2. The van der Waals surface area contributed by atoms with E-state index in [0.29, 0.717) is 18.8 Å². The third kappa shape index (κ3) is 18.9. The van der Waals surface area contributed by atoms with Gasteiger partial charge in [0.25, 0.3) is 0 Å². The fourth-order valence-electron chi connectivity index (χ4n) is 3.81. The maximum absolute atomic E-state index is 12.6. The molecule has 0 fully saturated rings. The molecule has 0 radical (unpaired) electrons. The number of rotatable bonds is 21. The van der Waals surface area contributed by atoms with Gasteiger partial charge in [-0.05, 0) is 25.2 Å². The quantitative estimate of drug-likeness (QED) is 0.197. The Hall–Kier alpha value is -1.06. The maximum Gasteiger partial charge on any atom is 0.242 e. The predicted molar refractivity (Wildman–Crippen MR) is 130 cm³/mol. The number of nitrogens with one attached hydrogen (secondary N) is 2. The highest BCUT2D eigenvalue weighted by molar-refractivity contribution is 5.87. The van der Waals surface area contributed by atoms with E-state index >= 15 is 0 Å². The molecule has 0 aromatic carbocycles. The SMILES string of the molecule is CCCCCCCCCCCCNC(=O)C(CC(C)C)NC(=O)CCCCCCC. The Kier molecular flexibility index (Phi) is 20.4. The second-order valence-corrected chi connectivity index (χ2v) is 9.39. The minimum atomic E-state index is -0.392. The van der Waals surface area contributed by atoms with Crippen LogP contribution in [0.4, 0.5) is 0 Å². The van der Waals surface area contributed by atoms with E-state index < -0.39 is 6.04 Å². The summed E-state index contributed by atoms with van der Waals surface area (Å²) in [5.41, 5.74) is 0. The van der Waals surface area contributed by atoms with E-state index in [2.05, 4.69) is 38.3 Å². The molecule has 0 bridgehead atoms. The van der Waals surface area contributed by atoms with E-state index in [0.717, 1.165) is 25.8 Å². The summed E-state index contributed by atoms with van der Waals surface area (Å²) in [5, 5.41) is 6.03. The number of hydrogen-bond donors (Lipinski definition) is 2. The summed E-state index contributed by atoms with van der Waals surface area (Å²) in [4.78, 5) is 24.8. The van der Waals surface area contributed by atoms with Crippen LogP contribution in [0.2, 0.25) is 0 Å². The van der Waals surface area contributed by atoms with Crippen LogP contribution in [0, 0.1) is 5.92 Å². The van der Waals surface area contributed by atoms with Gasteiger partial charge in [-0.1, -0.05) is 111 Å². The van der Waals surface area contributed by atoms with Gasteiger partial charge in [0.2, 0.25) is 11.8 Å². The molecule has 0 saturated carbocycles. The largest absolute Gasteiger partial charge is 0.354 e. The Bertz CT molecular complexity index is 410. The first-order valence-corrected chi connectivity index (χ1v) is 13.1. The summed E-state index contributed by atoms with van der Waals surface area (Å²) in [6.45, 7) is 9.36. The maximum atomic E-state index is 12.6. The molecule has 4 nitrogen and oxygen atoms in total. The third-order valence-corrected chi connectivity index (χ3v) is 5.70. The zero-order valence-electron chi connectivity index (χ0n) is 20.7. The smallest absolute Gasteiger partial charge is 0.242 e. The molecule has 0 saturated heterocycles. The van der Waals surface area contributed by atoms with Crippen molar-refractivity contribution >= 4 is 11.8 Å². The summed E-state index contributed by atoms with van der Waals surface area (Å²) in [6.07, 6.45) is 19.8. The van der Waals surface area contributed by atoms with E-state index in [1.807, 2.05) is 0 Å². The lowest BCUT2D eigenvalue weighted by Gasteiger charge is -2.20. The zero-order valence-corrected chi connectivity index (χ0v) is 20.7. The Labute approximate surface area is 187 Å². The van der Waals surface area contributed by atoms with Crippen molar-refractivity contribution in [3.8, 4) is 0 Å². The molecular formula is C26H52N2O2. The van der Waals surface area contributed by atoms with E-state index in [4.69, 9.17) is 0 Å². The van der Waals surface area contributed by atoms with Crippen molar-refractivity contribution in [1.82, 2.24) is 10.6 Å². The topological polar surface area (TPSA) is 58.2 Å². The predicted octanol–water partition coefficient (Wildman–Crippen LogP) is 6.91. The Morgan fingerprint density at radius 2 is 1.13 bits per heavy atom. The molecule has 30 heavy (non-hydrogen) atoms. The highest BCUT2D eigenvalue weighted by Crippen LogP contribution is 2.11. The van der Waals surface area contributed by atoms with Crippen LogP contribution in [0.5, 0.6) is 0 Å². The van der Waals surface area contributed by atoms with Gasteiger partial charge >= 0.3 is 0 Å². The van der Waals surface area contributed by atoms with Gasteiger partial charge < -0.3 is 10.6 Å². The van der Waals surface area contributed by atoms with Crippen LogP contribution in [-0.4, -0.2) is 24.4 Å². The molecule has 2 N–H and O–H groups in total. The zero-order chi connectivity index (χ0) is 22.5. The fourth-order valence-corrected chi connectivity index (χ4v) is 3.81. The van der Waals surface area contributed by atoms with Crippen molar-refractivity contribution in [3.63, 3.8) is 0 Å². The van der Waals surface area contributed by atoms with Gasteiger partial charge in [-0.2, -0.15) is 0 Å². The van der Waals surface area contributed by atoms with Crippen molar-refractivity contribution in [2.75, 3.05) is 6.54 Å². The average molecular weight is 425 g/mol. The van der Waals surface area contributed by atoms with Crippen LogP contribution in [0.25, 0.3) is 0 Å². The van der Waals surface area contributed by atoms with Crippen LogP contribution in [-0.2, 0) is 9.59 Å². The van der Waals surface area contributed by atoms with Gasteiger partial charge in [-0.3, -0.25) is 9.59 Å². The molecule has 1 atom stereocenters. The number of hydrogen-bond acceptors (Lipinski definition) is 2. The summed E-state index contributed by atoms with van der Waals surface area (Å²) in [5.74, 6) is 0.383. The molecule has 0 spiro atoms. The molecule has 0 rings (SSSR count). The Morgan fingerprint density at radius 1 is 0.667 bits per heavy atom. The van der Waals surface area contributed by atoms with Crippen LogP contribution < -0.4 is 10.6 Å². The Balaban J connectivity index is 3.91. The van der Waals surface area contributed by atoms with Gasteiger partial charge in [0.05, 0.1) is 0 Å². The van der Waals surface area contributed by atoms with Crippen LogP contribution >= 0.6 is 0 Å². The van der Waals surface area contributed by atoms with E-state index in [9.17, 15) is 9.59 Å². The lowest BCUT2D eigenvalue weighted by Crippen LogP contribution is -2.47. The van der Waals surface area contributed by atoms with Crippen LogP contribution in [0.1, 0.15) is 137 Å². The summed E-state index contributed by atoms with van der Waals surface area (Å²) < 4.78 is 0. The standard InChI is InChI=1S/C26H52N2O2/c1-5-7-9-11-12-13-14-15-17-19-21-27-26(30)24(22-23(3)4)28-25(29)20-18-16-10-8-6-2/h23-24H,5-22H2,1-4H3,(H,27,30)(H,28,29). The van der Waals surface area contributed by atoms with Gasteiger partial charge in [-0.15, -0.1) is 0 Å². The number of carbonyl (C=O) groups is 2. The highest BCUT2D eigenvalue weighted by atomic mass is 16.2. The molecule has 4 heteroatoms. The number of carbonyl (C=O) groups excluding carboxylic acids is 2. The molecule has 178 valence electrons. The highest BCUT2D eigenvalue weighted by Gasteiger charge is 2.21. The van der Waals surface area contributed by atoms with Crippen molar-refractivity contribution in [2.45, 2.75) is 143 Å².